The van der Waals surface area contributed by atoms with Gasteiger partial charge in [0, 0.05) is 11.1 Å². The Kier molecular flexibility index (Phi) is 7.40. The first kappa shape index (κ1) is 24.0. The maximum Gasteiger partial charge on any atom is 0.258 e. The van der Waals surface area contributed by atoms with E-state index in [1.807, 2.05) is 55.5 Å². The highest BCUT2D eigenvalue weighted by Crippen LogP contribution is 2.44. The number of hydrogen-bond acceptors (Lipinski definition) is 2. The molecule has 0 heterocycles. The Balaban J connectivity index is 2.20. The zero-order chi connectivity index (χ0) is 23.5. The molecule has 3 heteroatoms. The van der Waals surface area contributed by atoms with E-state index in [1.54, 1.807) is 0 Å². The smallest absolute Gasteiger partial charge is 0.258 e. The molecule has 168 valence electrons. The highest BCUT2D eigenvalue weighted by Gasteiger charge is 2.47. The van der Waals surface area contributed by atoms with Gasteiger partial charge in [-0.2, -0.15) is 0 Å². The topological polar surface area (TPSA) is 26.3 Å². The lowest BCUT2D eigenvalue weighted by molar-refractivity contribution is 0.103. The Bertz CT molecular complexity index is 1030. The standard InChI is InChI=1S/C29H36O2Si/c1-20(2)32(21(3)4,22(5)6)31-26-18-23(7)28(29(30)25-16-12-9-13-17-25)27(19-26)24-14-10-8-11-15-24/h8-22H,1-7H3. The first-order valence-electron chi connectivity index (χ1n) is 11.7. The predicted molar refractivity (Wildman–Crippen MR) is 138 cm³/mol. The first-order valence-corrected chi connectivity index (χ1v) is 13.8. The van der Waals surface area contributed by atoms with Crippen LogP contribution in [0, 0.1) is 6.92 Å². The van der Waals surface area contributed by atoms with Crippen LogP contribution in [0.4, 0.5) is 0 Å². The number of ketones is 1. The van der Waals surface area contributed by atoms with Gasteiger partial charge >= 0.3 is 0 Å². The Morgan fingerprint density at radius 1 is 0.750 bits per heavy atom. The lowest BCUT2D eigenvalue weighted by atomic mass is 9.90. The third-order valence-electron chi connectivity index (χ3n) is 6.66. The molecule has 0 saturated heterocycles. The number of hydrogen-bond donors (Lipinski definition) is 0. The second-order valence-electron chi connectivity index (χ2n) is 9.64. The summed E-state index contributed by atoms with van der Waals surface area (Å²) in [5, 5.41) is 0. The summed E-state index contributed by atoms with van der Waals surface area (Å²) in [6, 6.07) is 23.9. The summed E-state index contributed by atoms with van der Waals surface area (Å²) in [7, 11) is -2.11. The SMILES string of the molecule is Cc1cc(O[Si](C(C)C)(C(C)C)C(C)C)cc(-c2ccccc2)c1C(=O)c1ccccc1. The molecule has 0 aliphatic heterocycles. The molecular formula is C29H36O2Si. The summed E-state index contributed by atoms with van der Waals surface area (Å²) in [6.45, 7) is 15.8. The summed E-state index contributed by atoms with van der Waals surface area (Å²) in [6.07, 6.45) is 0. The van der Waals surface area contributed by atoms with Crippen molar-refractivity contribution in [1.82, 2.24) is 0 Å². The average Bonchev–Trinajstić information content (AvgIpc) is 2.77. The van der Waals surface area contributed by atoms with E-state index in [4.69, 9.17) is 4.43 Å². The van der Waals surface area contributed by atoms with Crippen LogP contribution in [-0.2, 0) is 0 Å². The second kappa shape index (κ2) is 9.87. The average molecular weight is 445 g/mol. The molecule has 0 aliphatic carbocycles. The van der Waals surface area contributed by atoms with Crippen molar-refractivity contribution in [3.05, 3.63) is 89.5 Å². The van der Waals surface area contributed by atoms with Gasteiger partial charge in [-0.3, -0.25) is 4.79 Å². The summed E-state index contributed by atoms with van der Waals surface area (Å²) in [4.78, 5) is 13.6. The quantitative estimate of drug-likeness (QED) is 0.257. The van der Waals surface area contributed by atoms with Crippen molar-refractivity contribution in [2.75, 3.05) is 0 Å². The van der Waals surface area contributed by atoms with Crippen molar-refractivity contribution < 1.29 is 9.22 Å². The molecule has 0 amide bonds. The number of carbonyl (C=O) groups excluding carboxylic acids is 1. The second-order valence-corrected chi connectivity index (χ2v) is 15.0. The molecule has 0 spiro atoms. The van der Waals surface area contributed by atoms with Crippen molar-refractivity contribution in [3.63, 3.8) is 0 Å². The van der Waals surface area contributed by atoms with Crippen LogP contribution in [0.5, 0.6) is 5.75 Å². The fourth-order valence-electron chi connectivity index (χ4n) is 5.25. The molecule has 3 rings (SSSR count). The van der Waals surface area contributed by atoms with Crippen LogP contribution in [0.1, 0.15) is 63.0 Å². The first-order chi connectivity index (χ1) is 15.2. The molecular weight excluding hydrogens is 408 g/mol. The number of rotatable bonds is 8. The van der Waals surface area contributed by atoms with Gasteiger partial charge in [0.05, 0.1) is 0 Å². The fraction of sp³-hybridized carbons (Fsp3) is 0.345. The molecule has 0 unspecified atom stereocenters. The maximum absolute atomic E-state index is 13.6. The van der Waals surface area contributed by atoms with E-state index in [0.29, 0.717) is 22.2 Å². The van der Waals surface area contributed by atoms with E-state index >= 15 is 0 Å². The Labute approximate surface area is 194 Å². The van der Waals surface area contributed by atoms with Crippen LogP contribution in [-0.4, -0.2) is 14.1 Å². The Hall–Kier alpha value is -2.65. The lowest BCUT2D eigenvalue weighted by Crippen LogP contribution is -2.50. The number of aryl methyl sites for hydroxylation is 1. The van der Waals surface area contributed by atoms with E-state index in [9.17, 15) is 4.79 Å². The third kappa shape index (κ3) is 4.58. The van der Waals surface area contributed by atoms with Crippen LogP contribution in [0.3, 0.4) is 0 Å². The molecule has 0 aromatic heterocycles. The zero-order valence-electron chi connectivity index (χ0n) is 20.5. The zero-order valence-corrected chi connectivity index (χ0v) is 21.5. The molecule has 3 aromatic rings. The highest BCUT2D eigenvalue weighted by atomic mass is 28.4. The van der Waals surface area contributed by atoms with Gasteiger partial charge in [-0.1, -0.05) is 102 Å². The Morgan fingerprint density at radius 3 is 1.75 bits per heavy atom. The molecule has 32 heavy (non-hydrogen) atoms. The van der Waals surface area contributed by atoms with Crippen LogP contribution in [0.2, 0.25) is 16.6 Å². The molecule has 0 radical (unpaired) electrons. The van der Waals surface area contributed by atoms with Crippen molar-refractivity contribution in [2.45, 2.75) is 65.1 Å². The largest absolute Gasteiger partial charge is 0.543 e. The van der Waals surface area contributed by atoms with Crippen LogP contribution >= 0.6 is 0 Å². The van der Waals surface area contributed by atoms with Crippen molar-refractivity contribution in [3.8, 4) is 16.9 Å². The summed E-state index contributed by atoms with van der Waals surface area (Å²) in [5.74, 6) is 0.933. The van der Waals surface area contributed by atoms with E-state index in [2.05, 4.69) is 65.8 Å². The summed E-state index contributed by atoms with van der Waals surface area (Å²) < 4.78 is 7.00. The van der Waals surface area contributed by atoms with Gasteiger partial charge < -0.3 is 4.43 Å². The summed E-state index contributed by atoms with van der Waals surface area (Å²) in [5.41, 5.74) is 5.82. The van der Waals surface area contributed by atoms with Crippen molar-refractivity contribution in [2.24, 2.45) is 0 Å². The van der Waals surface area contributed by atoms with Gasteiger partial charge in [0.1, 0.15) is 5.75 Å². The van der Waals surface area contributed by atoms with Crippen molar-refractivity contribution >= 4 is 14.1 Å². The lowest BCUT2D eigenvalue weighted by Gasteiger charge is -2.42. The van der Waals surface area contributed by atoms with Crippen molar-refractivity contribution in [1.29, 1.82) is 0 Å². The third-order valence-corrected chi connectivity index (χ3v) is 12.7. The minimum atomic E-state index is -2.11. The summed E-state index contributed by atoms with van der Waals surface area (Å²) >= 11 is 0. The Morgan fingerprint density at radius 2 is 1.25 bits per heavy atom. The monoisotopic (exact) mass is 444 g/mol. The fourth-order valence-corrected chi connectivity index (χ4v) is 10.5. The van der Waals surface area contributed by atoms with E-state index in [0.717, 1.165) is 28.0 Å². The molecule has 0 atom stereocenters. The van der Waals surface area contributed by atoms with Crippen LogP contribution in [0.25, 0.3) is 11.1 Å². The predicted octanol–water partition coefficient (Wildman–Crippen LogP) is 8.45. The van der Waals surface area contributed by atoms with Gasteiger partial charge in [0.25, 0.3) is 8.32 Å². The molecule has 2 nitrogen and oxygen atoms in total. The molecule has 0 bridgehead atoms. The molecule has 0 fully saturated rings. The van der Waals surface area contributed by atoms with Gasteiger partial charge in [-0.15, -0.1) is 0 Å². The number of carbonyl (C=O) groups is 1. The highest BCUT2D eigenvalue weighted by molar-refractivity contribution is 6.78. The minimum absolute atomic E-state index is 0.0496. The minimum Gasteiger partial charge on any atom is -0.543 e. The van der Waals surface area contributed by atoms with Gasteiger partial charge in [-0.25, -0.2) is 0 Å². The van der Waals surface area contributed by atoms with E-state index < -0.39 is 8.32 Å². The molecule has 3 aromatic carbocycles. The van der Waals surface area contributed by atoms with E-state index in [-0.39, 0.29) is 5.78 Å². The van der Waals surface area contributed by atoms with Gasteiger partial charge in [0.15, 0.2) is 5.78 Å². The molecule has 0 saturated carbocycles. The van der Waals surface area contributed by atoms with Gasteiger partial charge in [0.2, 0.25) is 0 Å². The van der Waals surface area contributed by atoms with Gasteiger partial charge in [-0.05, 0) is 52.4 Å². The maximum atomic E-state index is 13.6. The number of benzene rings is 3. The molecule has 0 aliphatic rings. The van der Waals surface area contributed by atoms with Crippen LogP contribution < -0.4 is 4.43 Å². The normalized spacial score (nSPS) is 11.9. The molecule has 0 N–H and O–H groups in total. The van der Waals surface area contributed by atoms with Crippen LogP contribution in [0.15, 0.2) is 72.8 Å². The van der Waals surface area contributed by atoms with E-state index in [1.165, 1.54) is 0 Å².